The van der Waals surface area contributed by atoms with Crippen LogP contribution in [-0.4, -0.2) is 12.2 Å². The molecule has 4 rings (SSSR count). The summed E-state index contributed by atoms with van der Waals surface area (Å²) >= 11 is 0. The Kier molecular flexibility index (Phi) is 6.29. The van der Waals surface area contributed by atoms with Gasteiger partial charge in [0.1, 0.15) is 0 Å². The van der Waals surface area contributed by atoms with E-state index in [1.54, 1.807) is 0 Å². The average molecular weight is 403 g/mol. The van der Waals surface area contributed by atoms with Gasteiger partial charge in [-0.15, -0.1) is 0 Å². The second-order valence-corrected chi connectivity index (χ2v) is 8.65. The first-order valence-electron chi connectivity index (χ1n) is 11.0. The maximum atomic E-state index is 13.5. The van der Waals surface area contributed by atoms with Gasteiger partial charge in [0.05, 0.1) is 12.2 Å². The summed E-state index contributed by atoms with van der Waals surface area (Å²) in [4.78, 5) is 0. The predicted molar refractivity (Wildman–Crippen MR) is 109 cm³/mol. The predicted octanol–water partition coefficient (Wildman–Crippen LogP) is 7.39. The molecule has 2 aromatic carbocycles. The number of rotatable bonds is 5. The molecule has 0 spiro atoms. The number of benzene rings is 2. The fraction of sp³-hybridized carbons (Fsp3) is 0.520. The van der Waals surface area contributed by atoms with Gasteiger partial charge in [-0.3, -0.25) is 0 Å². The summed E-state index contributed by atoms with van der Waals surface area (Å²) in [5, 5.41) is 0. The zero-order valence-electron chi connectivity index (χ0n) is 17.0. The minimum Gasteiger partial charge on any atom is -0.375 e. The second-order valence-electron chi connectivity index (χ2n) is 8.65. The minimum absolute atomic E-state index is 0.358. The lowest BCUT2D eigenvalue weighted by Gasteiger charge is -2.32. The Labute approximate surface area is 171 Å². The van der Waals surface area contributed by atoms with E-state index in [4.69, 9.17) is 4.74 Å². The van der Waals surface area contributed by atoms with E-state index in [0.29, 0.717) is 35.2 Å². The van der Waals surface area contributed by atoms with Crippen LogP contribution in [0.15, 0.2) is 36.4 Å². The summed E-state index contributed by atoms with van der Waals surface area (Å²) in [5.74, 6) is -2.53. The molecule has 1 heterocycles. The summed E-state index contributed by atoms with van der Waals surface area (Å²) < 4.78 is 46.5. The van der Waals surface area contributed by atoms with Gasteiger partial charge in [0, 0.05) is 0 Å². The van der Waals surface area contributed by atoms with Crippen LogP contribution < -0.4 is 0 Å². The molecule has 0 bridgehead atoms. The van der Waals surface area contributed by atoms with Gasteiger partial charge in [-0.2, -0.15) is 0 Å². The quantitative estimate of drug-likeness (QED) is 0.474. The van der Waals surface area contributed by atoms with Gasteiger partial charge in [-0.05, 0) is 85.6 Å². The Balaban J connectivity index is 1.36. The number of halogens is 3. The average Bonchev–Trinajstić information content (AvgIpc) is 3.21. The molecule has 2 fully saturated rings. The normalized spacial score (nSPS) is 27.3. The van der Waals surface area contributed by atoms with Crippen LogP contribution in [0.5, 0.6) is 0 Å². The Bertz CT molecular complexity index is 801. The van der Waals surface area contributed by atoms with Crippen molar-refractivity contribution in [2.45, 2.75) is 76.4 Å². The topological polar surface area (TPSA) is 9.23 Å². The van der Waals surface area contributed by atoms with Crippen molar-refractivity contribution in [1.29, 1.82) is 0 Å². The molecule has 156 valence electrons. The van der Waals surface area contributed by atoms with E-state index in [1.807, 2.05) is 24.3 Å². The van der Waals surface area contributed by atoms with E-state index in [1.165, 1.54) is 44.1 Å². The third kappa shape index (κ3) is 4.53. The lowest BCUT2D eigenvalue weighted by Crippen LogP contribution is -2.25. The van der Waals surface area contributed by atoms with Crippen molar-refractivity contribution in [3.63, 3.8) is 0 Å². The molecule has 29 heavy (non-hydrogen) atoms. The second kappa shape index (κ2) is 8.91. The van der Waals surface area contributed by atoms with Crippen LogP contribution in [0.3, 0.4) is 0 Å². The fourth-order valence-corrected chi connectivity index (χ4v) is 5.11. The van der Waals surface area contributed by atoms with E-state index >= 15 is 0 Å². The lowest BCUT2D eigenvalue weighted by molar-refractivity contribution is -0.00426. The van der Waals surface area contributed by atoms with Crippen molar-refractivity contribution in [1.82, 2.24) is 0 Å². The van der Waals surface area contributed by atoms with E-state index in [2.05, 4.69) is 6.92 Å². The summed E-state index contributed by atoms with van der Waals surface area (Å²) in [7, 11) is 0. The number of hydrogen-bond donors (Lipinski definition) is 0. The highest BCUT2D eigenvalue weighted by Crippen LogP contribution is 2.41. The van der Waals surface area contributed by atoms with Gasteiger partial charge in [-0.1, -0.05) is 37.6 Å². The molecule has 0 aromatic heterocycles. The first-order valence-corrected chi connectivity index (χ1v) is 11.0. The maximum absolute atomic E-state index is 13.5. The molecule has 1 saturated carbocycles. The van der Waals surface area contributed by atoms with Crippen LogP contribution in [0.2, 0.25) is 0 Å². The standard InChI is InChI=1S/C25H29F3O/c1-2-3-21-12-13-24(29-21)19-10-8-17(9-11-19)16-4-6-18(7-5-16)20-14-22(26)25(28)23(27)15-20/h4-7,14-15,17,19,21,24H,2-3,8-13H2,1H3. The van der Waals surface area contributed by atoms with Gasteiger partial charge in [0.15, 0.2) is 17.5 Å². The van der Waals surface area contributed by atoms with E-state index < -0.39 is 17.5 Å². The van der Waals surface area contributed by atoms with Crippen molar-refractivity contribution in [2.75, 3.05) is 0 Å². The van der Waals surface area contributed by atoms with Crippen LogP contribution >= 0.6 is 0 Å². The van der Waals surface area contributed by atoms with Crippen LogP contribution in [0.25, 0.3) is 11.1 Å². The summed E-state index contributed by atoms with van der Waals surface area (Å²) in [5.41, 5.74) is 2.32. The molecular weight excluding hydrogens is 373 g/mol. The highest BCUT2D eigenvalue weighted by atomic mass is 19.2. The molecule has 2 unspecified atom stereocenters. The smallest absolute Gasteiger partial charge is 0.194 e. The monoisotopic (exact) mass is 402 g/mol. The molecule has 1 aliphatic heterocycles. The zero-order valence-corrected chi connectivity index (χ0v) is 17.0. The molecular formula is C25H29F3O. The Morgan fingerprint density at radius 3 is 2.10 bits per heavy atom. The largest absolute Gasteiger partial charge is 0.375 e. The molecule has 0 N–H and O–H groups in total. The SMILES string of the molecule is CCCC1CCC(C2CCC(c3ccc(-c4cc(F)c(F)c(F)c4)cc3)CC2)O1. The van der Waals surface area contributed by atoms with Crippen LogP contribution in [0.4, 0.5) is 13.2 Å². The van der Waals surface area contributed by atoms with Crippen molar-refractivity contribution >= 4 is 0 Å². The summed E-state index contributed by atoms with van der Waals surface area (Å²) in [6.45, 7) is 2.22. The maximum Gasteiger partial charge on any atom is 0.194 e. The first kappa shape index (κ1) is 20.5. The third-order valence-electron chi connectivity index (χ3n) is 6.75. The summed E-state index contributed by atoms with van der Waals surface area (Å²) in [6.07, 6.45) is 10.4. The van der Waals surface area contributed by atoms with Gasteiger partial charge in [0.2, 0.25) is 0 Å². The van der Waals surface area contributed by atoms with Crippen molar-refractivity contribution in [2.24, 2.45) is 5.92 Å². The molecule has 2 aromatic rings. The molecule has 2 atom stereocenters. The van der Waals surface area contributed by atoms with Crippen molar-refractivity contribution in [3.8, 4) is 11.1 Å². The molecule has 1 nitrogen and oxygen atoms in total. The number of hydrogen-bond acceptors (Lipinski definition) is 1. The first-order chi connectivity index (χ1) is 14.0. The lowest BCUT2D eigenvalue weighted by atomic mass is 9.76. The molecule has 4 heteroatoms. The Morgan fingerprint density at radius 1 is 0.828 bits per heavy atom. The molecule has 0 amide bonds. The van der Waals surface area contributed by atoms with Crippen molar-refractivity contribution < 1.29 is 17.9 Å². The third-order valence-corrected chi connectivity index (χ3v) is 6.75. The van der Waals surface area contributed by atoms with Gasteiger partial charge in [-0.25, -0.2) is 13.2 Å². The van der Waals surface area contributed by atoms with Crippen LogP contribution in [0.1, 0.15) is 69.8 Å². The van der Waals surface area contributed by atoms with Crippen molar-refractivity contribution in [3.05, 3.63) is 59.4 Å². The number of ether oxygens (including phenoxy) is 1. The highest BCUT2D eigenvalue weighted by Gasteiger charge is 2.34. The van der Waals surface area contributed by atoms with E-state index in [9.17, 15) is 13.2 Å². The van der Waals surface area contributed by atoms with E-state index in [0.717, 1.165) is 25.0 Å². The van der Waals surface area contributed by atoms with E-state index in [-0.39, 0.29) is 0 Å². The molecule has 2 aliphatic rings. The highest BCUT2D eigenvalue weighted by molar-refractivity contribution is 5.64. The molecule has 1 aliphatic carbocycles. The Hall–Kier alpha value is -1.81. The van der Waals surface area contributed by atoms with Crippen LogP contribution in [-0.2, 0) is 4.74 Å². The molecule has 0 radical (unpaired) electrons. The fourth-order valence-electron chi connectivity index (χ4n) is 5.11. The summed E-state index contributed by atoms with van der Waals surface area (Å²) in [6, 6.07) is 9.94. The zero-order chi connectivity index (χ0) is 20.4. The van der Waals surface area contributed by atoms with Gasteiger partial charge >= 0.3 is 0 Å². The van der Waals surface area contributed by atoms with Gasteiger partial charge in [0.25, 0.3) is 0 Å². The minimum atomic E-state index is -1.42. The van der Waals surface area contributed by atoms with Gasteiger partial charge < -0.3 is 4.74 Å². The Morgan fingerprint density at radius 2 is 1.48 bits per heavy atom. The molecule has 1 saturated heterocycles. The van der Waals surface area contributed by atoms with Crippen LogP contribution in [0, 0.1) is 23.4 Å².